The zero-order valence-electron chi connectivity index (χ0n) is 12.2. The molecule has 0 aliphatic carbocycles. The standard InChI is InChI=1S/C15H17N3O2S/c1-10(2)20-14(19)9-21-13-7-11(3)17-15(18-13)12-5-4-6-16-8-12/h4-8,10H,9H2,1-3H3. The highest BCUT2D eigenvalue weighted by Gasteiger charge is 2.10. The van der Waals surface area contributed by atoms with E-state index in [1.165, 1.54) is 11.8 Å². The summed E-state index contributed by atoms with van der Waals surface area (Å²) in [6, 6.07) is 5.60. The molecule has 2 aromatic heterocycles. The van der Waals surface area contributed by atoms with Gasteiger partial charge in [-0.05, 0) is 39.0 Å². The maximum atomic E-state index is 11.6. The number of pyridine rings is 1. The Balaban J connectivity index is 2.11. The topological polar surface area (TPSA) is 65.0 Å². The molecule has 2 aromatic rings. The van der Waals surface area contributed by atoms with Gasteiger partial charge in [0.1, 0.15) is 5.03 Å². The van der Waals surface area contributed by atoms with Crippen LogP contribution in [0.15, 0.2) is 35.6 Å². The van der Waals surface area contributed by atoms with Crippen LogP contribution in [0.1, 0.15) is 19.5 Å². The molecular formula is C15H17N3O2S. The fourth-order valence-corrected chi connectivity index (χ4v) is 2.41. The molecule has 0 amide bonds. The molecule has 0 radical (unpaired) electrons. The third kappa shape index (κ3) is 4.82. The quantitative estimate of drug-likeness (QED) is 0.481. The number of thioether (sulfide) groups is 1. The largest absolute Gasteiger partial charge is 0.462 e. The van der Waals surface area contributed by atoms with Crippen molar-refractivity contribution in [2.75, 3.05) is 5.75 Å². The van der Waals surface area contributed by atoms with E-state index in [9.17, 15) is 4.79 Å². The van der Waals surface area contributed by atoms with Crippen molar-refractivity contribution >= 4 is 17.7 Å². The molecule has 2 heterocycles. The Bertz CT molecular complexity index is 618. The van der Waals surface area contributed by atoms with Crippen LogP contribution in [-0.2, 0) is 9.53 Å². The minimum atomic E-state index is -0.241. The Labute approximate surface area is 128 Å². The molecule has 0 bridgehead atoms. The lowest BCUT2D eigenvalue weighted by molar-refractivity contribution is -0.144. The van der Waals surface area contributed by atoms with Crippen molar-refractivity contribution in [3.8, 4) is 11.4 Å². The van der Waals surface area contributed by atoms with E-state index >= 15 is 0 Å². The SMILES string of the molecule is Cc1cc(SCC(=O)OC(C)C)nc(-c2cccnc2)n1. The number of hydrogen-bond donors (Lipinski definition) is 0. The van der Waals surface area contributed by atoms with E-state index in [0.29, 0.717) is 5.82 Å². The van der Waals surface area contributed by atoms with Crippen molar-refractivity contribution in [3.63, 3.8) is 0 Å². The van der Waals surface area contributed by atoms with E-state index in [0.717, 1.165) is 16.3 Å². The Kier molecular flexibility index (Phi) is 5.27. The van der Waals surface area contributed by atoms with E-state index in [-0.39, 0.29) is 17.8 Å². The molecule has 0 aliphatic heterocycles. The summed E-state index contributed by atoms with van der Waals surface area (Å²) in [4.78, 5) is 24.5. The Hall–Kier alpha value is -1.95. The van der Waals surface area contributed by atoms with E-state index in [4.69, 9.17) is 4.74 Å². The van der Waals surface area contributed by atoms with Gasteiger partial charge in [0.2, 0.25) is 0 Å². The number of hydrogen-bond acceptors (Lipinski definition) is 6. The highest BCUT2D eigenvalue weighted by Crippen LogP contribution is 2.21. The smallest absolute Gasteiger partial charge is 0.316 e. The van der Waals surface area contributed by atoms with E-state index in [1.54, 1.807) is 12.4 Å². The molecule has 0 aromatic carbocycles. The minimum Gasteiger partial charge on any atom is -0.462 e. The molecule has 0 saturated carbocycles. The van der Waals surface area contributed by atoms with Crippen LogP contribution in [0, 0.1) is 6.92 Å². The Morgan fingerprint density at radius 2 is 2.19 bits per heavy atom. The number of esters is 1. The molecule has 0 saturated heterocycles. The second-order valence-corrected chi connectivity index (χ2v) is 5.74. The van der Waals surface area contributed by atoms with Crippen molar-refractivity contribution in [1.82, 2.24) is 15.0 Å². The number of carbonyl (C=O) groups is 1. The number of ether oxygens (including phenoxy) is 1. The molecule has 0 unspecified atom stereocenters. The highest BCUT2D eigenvalue weighted by molar-refractivity contribution is 7.99. The molecule has 0 atom stereocenters. The number of rotatable bonds is 5. The zero-order valence-corrected chi connectivity index (χ0v) is 13.1. The molecule has 21 heavy (non-hydrogen) atoms. The number of aryl methyl sites for hydroxylation is 1. The molecule has 6 heteroatoms. The summed E-state index contributed by atoms with van der Waals surface area (Å²) >= 11 is 1.35. The second kappa shape index (κ2) is 7.17. The summed E-state index contributed by atoms with van der Waals surface area (Å²) < 4.78 is 5.10. The summed E-state index contributed by atoms with van der Waals surface area (Å²) in [6.45, 7) is 5.56. The van der Waals surface area contributed by atoms with Gasteiger partial charge in [-0.3, -0.25) is 9.78 Å². The van der Waals surface area contributed by atoms with Crippen LogP contribution in [0.25, 0.3) is 11.4 Å². The van der Waals surface area contributed by atoms with Gasteiger partial charge in [0, 0.05) is 23.7 Å². The second-order valence-electron chi connectivity index (χ2n) is 4.74. The van der Waals surface area contributed by atoms with Crippen molar-refractivity contribution < 1.29 is 9.53 Å². The Morgan fingerprint density at radius 3 is 2.86 bits per heavy atom. The first kappa shape index (κ1) is 15.4. The fraction of sp³-hybridized carbons (Fsp3) is 0.333. The minimum absolute atomic E-state index is 0.101. The zero-order chi connectivity index (χ0) is 15.2. The third-order valence-corrected chi connectivity index (χ3v) is 3.34. The lowest BCUT2D eigenvalue weighted by Gasteiger charge is -2.08. The third-order valence-electron chi connectivity index (χ3n) is 2.46. The molecule has 110 valence electrons. The summed E-state index contributed by atoms with van der Waals surface area (Å²) in [5.41, 5.74) is 1.70. The van der Waals surface area contributed by atoms with Crippen LogP contribution in [0.5, 0.6) is 0 Å². The maximum absolute atomic E-state index is 11.6. The van der Waals surface area contributed by atoms with Crippen molar-refractivity contribution in [2.45, 2.75) is 31.9 Å². The predicted octanol–water partition coefficient (Wildman–Crippen LogP) is 2.89. The molecule has 5 nitrogen and oxygen atoms in total. The Morgan fingerprint density at radius 1 is 1.38 bits per heavy atom. The van der Waals surface area contributed by atoms with Crippen LogP contribution < -0.4 is 0 Å². The van der Waals surface area contributed by atoms with Crippen molar-refractivity contribution in [2.24, 2.45) is 0 Å². The van der Waals surface area contributed by atoms with Gasteiger partial charge < -0.3 is 4.74 Å². The van der Waals surface area contributed by atoms with Gasteiger partial charge in [-0.2, -0.15) is 0 Å². The first-order valence-electron chi connectivity index (χ1n) is 6.63. The van der Waals surface area contributed by atoms with Crippen LogP contribution in [0.2, 0.25) is 0 Å². The van der Waals surface area contributed by atoms with Gasteiger partial charge in [-0.15, -0.1) is 0 Å². The molecule has 0 aliphatic rings. The van der Waals surface area contributed by atoms with Crippen LogP contribution in [0.3, 0.4) is 0 Å². The monoisotopic (exact) mass is 303 g/mol. The van der Waals surface area contributed by atoms with Gasteiger partial charge in [0.15, 0.2) is 5.82 Å². The molecule has 0 spiro atoms. The normalized spacial score (nSPS) is 10.7. The first-order valence-corrected chi connectivity index (χ1v) is 7.61. The van der Waals surface area contributed by atoms with Crippen molar-refractivity contribution in [3.05, 3.63) is 36.3 Å². The summed E-state index contributed by atoms with van der Waals surface area (Å²) in [7, 11) is 0. The van der Waals surface area contributed by atoms with E-state index in [1.807, 2.05) is 39.0 Å². The van der Waals surface area contributed by atoms with Crippen LogP contribution >= 0.6 is 11.8 Å². The van der Waals surface area contributed by atoms with Gasteiger partial charge in [0.25, 0.3) is 0 Å². The fourth-order valence-electron chi connectivity index (χ4n) is 1.67. The summed E-state index contributed by atoms with van der Waals surface area (Å²) in [5.74, 6) is 0.609. The molecule has 0 N–H and O–H groups in total. The van der Waals surface area contributed by atoms with Gasteiger partial charge in [-0.1, -0.05) is 11.8 Å². The average molecular weight is 303 g/mol. The number of carbonyl (C=O) groups excluding carboxylic acids is 1. The number of nitrogens with zero attached hydrogens (tertiary/aromatic N) is 3. The highest BCUT2D eigenvalue weighted by atomic mass is 32.2. The van der Waals surface area contributed by atoms with Gasteiger partial charge in [-0.25, -0.2) is 9.97 Å². The van der Waals surface area contributed by atoms with Crippen LogP contribution in [-0.4, -0.2) is 32.8 Å². The van der Waals surface area contributed by atoms with Crippen molar-refractivity contribution in [1.29, 1.82) is 0 Å². The molecule has 2 rings (SSSR count). The summed E-state index contributed by atoms with van der Waals surface area (Å²) in [5, 5.41) is 0.752. The summed E-state index contributed by atoms with van der Waals surface area (Å²) in [6.07, 6.45) is 3.32. The first-order chi connectivity index (χ1) is 10.0. The van der Waals surface area contributed by atoms with Gasteiger partial charge in [0.05, 0.1) is 11.9 Å². The number of aromatic nitrogens is 3. The lowest BCUT2D eigenvalue weighted by Crippen LogP contribution is -2.13. The van der Waals surface area contributed by atoms with E-state index < -0.39 is 0 Å². The lowest BCUT2D eigenvalue weighted by atomic mass is 10.2. The maximum Gasteiger partial charge on any atom is 0.316 e. The molecule has 0 fully saturated rings. The molecular weight excluding hydrogens is 286 g/mol. The van der Waals surface area contributed by atoms with E-state index in [2.05, 4.69) is 15.0 Å². The average Bonchev–Trinajstić information content (AvgIpc) is 2.45. The van der Waals surface area contributed by atoms with Gasteiger partial charge >= 0.3 is 5.97 Å². The van der Waals surface area contributed by atoms with Crippen LogP contribution in [0.4, 0.5) is 0 Å². The predicted molar refractivity (Wildman–Crippen MR) is 82.0 cm³/mol.